The first-order chi connectivity index (χ1) is 13.8. The third kappa shape index (κ3) is 5.01. The monoisotopic (exact) mass is 366 g/mol. The molecule has 0 saturated carbocycles. The van der Waals surface area contributed by atoms with E-state index in [4.69, 9.17) is 9.59 Å². The first kappa shape index (κ1) is 18.8. The molecule has 0 saturated heterocycles. The second-order valence-electron chi connectivity index (χ2n) is 5.99. The van der Waals surface area contributed by atoms with Gasteiger partial charge >= 0.3 is 6.15 Å². The highest BCUT2D eigenvalue weighted by atomic mass is 16.2. The first-order valence-corrected chi connectivity index (χ1v) is 8.74. The predicted octanol–water partition coefficient (Wildman–Crippen LogP) is 5.32. The van der Waals surface area contributed by atoms with Crippen LogP contribution in [0.3, 0.4) is 0 Å². The molecule has 0 unspecified atom stereocenters. The average Bonchev–Trinajstić information content (AvgIpc) is 3.15. The molecule has 0 radical (unpaired) electrons. The van der Waals surface area contributed by atoms with Gasteiger partial charge in [0.05, 0.1) is 11.2 Å². The summed E-state index contributed by atoms with van der Waals surface area (Å²) in [5.41, 5.74) is 5.52. The predicted molar refractivity (Wildman–Crippen MR) is 112 cm³/mol. The fourth-order valence-corrected chi connectivity index (χ4v) is 2.78. The minimum absolute atomic E-state index is 0.250. The number of benzene rings is 3. The Hall–Kier alpha value is -4.01. The van der Waals surface area contributed by atoms with Gasteiger partial charge in [-0.1, -0.05) is 85.0 Å². The molecule has 0 aliphatic rings. The van der Waals surface area contributed by atoms with E-state index in [0.717, 1.165) is 22.2 Å². The van der Waals surface area contributed by atoms with Gasteiger partial charge in [-0.25, -0.2) is 0 Å². The summed E-state index contributed by atoms with van der Waals surface area (Å²) in [5.74, 6) is 0. The molecule has 0 atom stereocenters. The van der Waals surface area contributed by atoms with Crippen LogP contribution in [0.25, 0.3) is 35.2 Å². The molecule has 1 aromatic heterocycles. The van der Waals surface area contributed by atoms with Crippen LogP contribution < -0.4 is 0 Å². The minimum atomic E-state index is 0.250. The molecule has 0 spiro atoms. The van der Waals surface area contributed by atoms with Gasteiger partial charge in [-0.3, -0.25) is 5.10 Å². The molecule has 4 nitrogen and oxygen atoms in total. The highest BCUT2D eigenvalue weighted by Gasteiger charge is 2.03. The lowest BCUT2D eigenvalue weighted by Crippen LogP contribution is -1.76. The lowest BCUT2D eigenvalue weighted by molar-refractivity contribution is -0.191. The van der Waals surface area contributed by atoms with E-state index in [1.807, 2.05) is 36.4 Å². The van der Waals surface area contributed by atoms with Crippen LogP contribution in [0.15, 0.2) is 78.9 Å². The van der Waals surface area contributed by atoms with E-state index in [9.17, 15) is 0 Å². The quantitative estimate of drug-likeness (QED) is 0.497. The van der Waals surface area contributed by atoms with Gasteiger partial charge in [0.2, 0.25) is 0 Å². The van der Waals surface area contributed by atoms with Crippen molar-refractivity contribution in [1.29, 1.82) is 0 Å². The SMILES string of the molecule is C(=C\c1ccc2n[nH]c(/C=C/c3ccccc3)c2c1)/c1ccccc1.O=C=O. The van der Waals surface area contributed by atoms with Gasteiger partial charge in [0, 0.05) is 5.39 Å². The van der Waals surface area contributed by atoms with Crippen molar-refractivity contribution in [2.75, 3.05) is 0 Å². The molecule has 28 heavy (non-hydrogen) atoms. The summed E-state index contributed by atoms with van der Waals surface area (Å²) in [6.45, 7) is 0. The third-order valence-corrected chi connectivity index (χ3v) is 4.12. The molecule has 4 heteroatoms. The maximum absolute atomic E-state index is 8.12. The van der Waals surface area contributed by atoms with Crippen LogP contribution in [-0.4, -0.2) is 16.3 Å². The zero-order chi connectivity index (χ0) is 19.6. The summed E-state index contributed by atoms with van der Waals surface area (Å²) in [4.78, 5) is 16.2. The lowest BCUT2D eigenvalue weighted by atomic mass is 10.1. The van der Waals surface area contributed by atoms with E-state index in [0.29, 0.717) is 0 Å². The van der Waals surface area contributed by atoms with E-state index in [2.05, 4.69) is 77.0 Å². The van der Waals surface area contributed by atoms with E-state index in [-0.39, 0.29) is 6.15 Å². The van der Waals surface area contributed by atoms with Crippen molar-refractivity contribution >= 4 is 41.4 Å². The Labute approximate surface area is 162 Å². The second kappa shape index (κ2) is 9.62. The Morgan fingerprint density at radius 1 is 0.679 bits per heavy atom. The van der Waals surface area contributed by atoms with Crippen LogP contribution in [0.2, 0.25) is 0 Å². The fraction of sp³-hybridized carbons (Fsp3) is 0. The third-order valence-electron chi connectivity index (χ3n) is 4.12. The van der Waals surface area contributed by atoms with Crippen molar-refractivity contribution in [1.82, 2.24) is 10.2 Å². The van der Waals surface area contributed by atoms with E-state index in [1.54, 1.807) is 0 Å². The highest BCUT2D eigenvalue weighted by molar-refractivity contribution is 5.91. The molecule has 0 aliphatic heterocycles. The largest absolute Gasteiger partial charge is 0.373 e. The lowest BCUT2D eigenvalue weighted by Gasteiger charge is -1.97. The number of carbonyl (C=O) groups excluding carboxylic acids is 2. The van der Waals surface area contributed by atoms with Gasteiger partial charge < -0.3 is 0 Å². The topological polar surface area (TPSA) is 62.8 Å². The summed E-state index contributed by atoms with van der Waals surface area (Å²) >= 11 is 0. The highest BCUT2D eigenvalue weighted by Crippen LogP contribution is 2.21. The molecule has 0 aliphatic carbocycles. The first-order valence-electron chi connectivity index (χ1n) is 8.74. The molecule has 136 valence electrons. The zero-order valence-corrected chi connectivity index (χ0v) is 15.1. The molecule has 1 heterocycles. The number of hydrogen-bond acceptors (Lipinski definition) is 3. The van der Waals surface area contributed by atoms with Crippen LogP contribution >= 0.6 is 0 Å². The molecule has 3 aromatic carbocycles. The fourth-order valence-electron chi connectivity index (χ4n) is 2.78. The average molecular weight is 366 g/mol. The van der Waals surface area contributed by atoms with E-state index in [1.165, 1.54) is 11.1 Å². The Kier molecular flexibility index (Phi) is 6.45. The zero-order valence-electron chi connectivity index (χ0n) is 15.1. The van der Waals surface area contributed by atoms with Crippen LogP contribution in [0.1, 0.15) is 22.4 Å². The molecule has 1 N–H and O–H groups in total. The number of fused-ring (bicyclic) bond motifs is 1. The number of H-pyrrole nitrogens is 1. The standard InChI is InChI=1S/C23H18N2.CO2/c1-3-7-18(8-4-1)11-12-20-14-16-23-21(17-20)22(24-25-23)15-13-19-9-5-2-6-10-19;2-1-3/h1-17H,(H,24,25);/b12-11+,15-13+;. The summed E-state index contributed by atoms with van der Waals surface area (Å²) in [6, 6.07) is 26.9. The van der Waals surface area contributed by atoms with Gasteiger partial charge in [-0.15, -0.1) is 0 Å². The van der Waals surface area contributed by atoms with Gasteiger partial charge in [0.25, 0.3) is 0 Å². The maximum Gasteiger partial charge on any atom is 0.373 e. The second-order valence-corrected chi connectivity index (χ2v) is 5.99. The molecule has 0 bridgehead atoms. The summed E-state index contributed by atoms with van der Waals surface area (Å²) in [7, 11) is 0. The van der Waals surface area contributed by atoms with Crippen LogP contribution in [0.4, 0.5) is 0 Å². The molecular formula is C24H18N2O2. The number of nitrogens with zero attached hydrogens (tertiary/aromatic N) is 1. The van der Waals surface area contributed by atoms with Crippen molar-refractivity contribution in [3.8, 4) is 0 Å². The molecule has 0 amide bonds. The van der Waals surface area contributed by atoms with Crippen LogP contribution in [0.5, 0.6) is 0 Å². The van der Waals surface area contributed by atoms with Gasteiger partial charge in [-0.2, -0.15) is 14.7 Å². The van der Waals surface area contributed by atoms with Gasteiger partial charge in [0.1, 0.15) is 0 Å². The Bertz CT molecular complexity index is 1120. The molecule has 0 fully saturated rings. The Morgan fingerprint density at radius 3 is 1.82 bits per heavy atom. The minimum Gasteiger partial charge on any atom is -0.277 e. The Balaban J connectivity index is 0.000000706. The van der Waals surface area contributed by atoms with E-state index >= 15 is 0 Å². The molecule has 4 aromatic rings. The van der Waals surface area contributed by atoms with Crippen molar-refractivity contribution < 1.29 is 9.59 Å². The van der Waals surface area contributed by atoms with Crippen LogP contribution in [0, 0.1) is 0 Å². The normalized spacial score (nSPS) is 10.7. The summed E-state index contributed by atoms with van der Waals surface area (Å²) in [5, 5.41) is 8.64. The number of rotatable bonds is 4. The summed E-state index contributed by atoms with van der Waals surface area (Å²) < 4.78 is 0. The Morgan fingerprint density at radius 2 is 1.21 bits per heavy atom. The number of aromatic nitrogens is 2. The summed E-state index contributed by atoms with van der Waals surface area (Å²) in [6.07, 6.45) is 8.68. The van der Waals surface area contributed by atoms with Crippen molar-refractivity contribution in [3.63, 3.8) is 0 Å². The van der Waals surface area contributed by atoms with Crippen molar-refractivity contribution in [2.24, 2.45) is 0 Å². The number of nitrogens with one attached hydrogen (secondary N) is 1. The smallest absolute Gasteiger partial charge is 0.277 e. The van der Waals surface area contributed by atoms with E-state index < -0.39 is 0 Å². The maximum atomic E-state index is 8.12. The van der Waals surface area contributed by atoms with Crippen LogP contribution in [-0.2, 0) is 9.59 Å². The van der Waals surface area contributed by atoms with Crippen molar-refractivity contribution in [2.45, 2.75) is 0 Å². The van der Waals surface area contributed by atoms with Gasteiger partial charge in [-0.05, 0) is 34.9 Å². The number of aromatic amines is 1. The van der Waals surface area contributed by atoms with Crippen molar-refractivity contribution in [3.05, 3.63) is 101 Å². The number of hydrogen-bond donors (Lipinski definition) is 1. The molecular weight excluding hydrogens is 348 g/mol. The van der Waals surface area contributed by atoms with Gasteiger partial charge in [0.15, 0.2) is 0 Å². The molecule has 4 rings (SSSR count).